The van der Waals surface area contributed by atoms with Gasteiger partial charge in [-0.05, 0) is 24.7 Å². The van der Waals surface area contributed by atoms with E-state index in [1.54, 1.807) is 13.3 Å². The number of thiocarbonyl (C=S) groups is 1. The van der Waals surface area contributed by atoms with Crippen molar-refractivity contribution in [3.63, 3.8) is 0 Å². The molecule has 0 atom stereocenters. The highest BCUT2D eigenvalue weighted by Gasteiger charge is 1.95. The number of halogens is 1. The summed E-state index contributed by atoms with van der Waals surface area (Å²) in [6.07, 6.45) is 2.53. The number of hydrazone groups is 1. The van der Waals surface area contributed by atoms with Crippen molar-refractivity contribution < 1.29 is 4.74 Å². The molecule has 0 heterocycles. The molecule has 0 spiro atoms. The van der Waals surface area contributed by atoms with Gasteiger partial charge >= 0.3 is 0 Å². The second-order valence-corrected chi connectivity index (χ2v) is 4.31. The van der Waals surface area contributed by atoms with Crippen LogP contribution in [0.25, 0.3) is 0 Å². The van der Waals surface area contributed by atoms with Gasteiger partial charge in [0.05, 0.1) is 6.21 Å². The number of hydrogen-bond acceptors (Lipinski definition) is 3. The molecule has 0 saturated heterocycles. The van der Waals surface area contributed by atoms with Gasteiger partial charge in [0.15, 0.2) is 5.11 Å². The Balaban J connectivity index is 2.28. The van der Waals surface area contributed by atoms with Crippen molar-refractivity contribution in [1.29, 1.82) is 0 Å². The summed E-state index contributed by atoms with van der Waals surface area (Å²) in [6, 6.07) is 7.45. The third-order valence-corrected chi connectivity index (χ3v) is 2.67. The molecule has 2 N–H and O–H groups in total. The molecule has 0 bridgehead atoms. The summed E-state index contributed by atoms with van der Waals surface area (Å²) in [5.41, 5.74) is 3.57. The van der Waals surface area contributed by atoms with Gasteiger partial charge in [0.2, 0.25) is 0 Å². The number of nitrogens with one attached hydrogen (secondary N) is 2. The molecular weight excluding hydrogens is 270 g/mol. The first-order chi connectivity index (χ1) is 8.74. The second-order valence-electron chi connectivity index (χ2n) is 3.49. The molecule has 0 aromatic heterocycles. The summed E-state index contributed by atoms with van der Waals surface area (Å²) >= 11 is 11.0. The molecule has 98 valence electrons. The molecule has 0 radical (unpaired) electrons. The van der Waals surface area contributed by atoms with Crippen LogP contribution in [0, 0.1) is 0 Å². The number of rotatable bonds is 6. The van der Waals surface area contributed by atoms with E-state index in [-0.39, 0.29) is 0 Å². The highest BCUT2D eigenvalue weighted by molar-refractivity contribution is 7.80. The first-order valence-electron chi connectivity index (χ1n) is 5.54. The van der Waals surface area contributed by atoms with Crippen molar-refractivity contribution in [3.8, 4) is 0 Å². The maximum atomic E-state index is 5.98. The Bertz CT molecular complexity index is 412. The minimum Gasteiger partial charge on any atom is -0.385 e. The van der Waals surface area contributed by atoms with Gasteiger partial charge in [0.1, 0.15) is 0 Å². The number of ether oxygens (including phenoxy) is 1. The summed E-state index contributed by atoms with van der Waals surface area (Å²) in [5.74, 6) is 0. The molecule has 1 rings (SSSR count). The van der Waals surface area contributed by atoms with Crippen LogP contribution in [0.2, 0.25) is 5.02 Å². The molecule has 6 heteroatoms. The first-order valence-corrected chi connectivity index (χ1v) is 6.33. The van der Waals surface area contributed by atoms with E-state index in [1.807, 2.05) is 24.3 Å². The third-order valence-electron chi connectivity index (χ3n) is 2.09. The molecule has 0 aliphatic carbocycles. The lowest BCUT2D eigenvalue weighted by Gasteiger charge is -2.06. The lowest BCUT2D eigenvalue weighted by atomic mass is 10.2. The van der Waals surface area contributed by atoms with Gasteiger partial charge in [-0.25, -0.2) is 0 Å². The van der Waals surface area contributed by atoms with Crippen LogP contribution in [0.3, 0.4) is 0 Å². The van der Waals surface area contributed by atoms with Crippen LogP contribution in [0.5, 0.6) is 0 Å². The van der Waals surface area contributed by atoms with E-state index in [9.17, 15) is 0 Å². The Kier molecular flexibility index (Phi) is 7.32. The summed E-state index contributed by atoms with van der Waals surface area (Å²) in [7, 11) is 1.67. The van der Waals surface area contributed by atoms with Crippen LogP contribution in [0.4, 0.5) is 0 Å². The summed E-state index contributed by atoms with van der Waals surface area (Å²) < 4.78 is 4.93. The minimum atomic E-state index is 0.481. The van der Waals surface area contributed by atoms with E-state index in [2.05, 4.69) is 15.8 Å². The highest BCUT2D eigenvalue weighted by Crippen LogP contribution is 2.11. The van der Waals surface area contributed by atoms with Gasteiger partial charge in [-0.15, -0.1) is 0 Å². The quantitative estimate of drug-likeness (QED) is 0.364. The first kappa shape index (κ1) is 14.9. The van der Waals surface area contributed by atoms with Crippen molar-refractivity contribution in [2.45, 2.75) is 6.42 Å². The van der Waals surface area contributed by atoms with Crippen molar-refractivity contribution in [2.75, 3.05) is 20.3 Å². The molecule has 4 nitrogen and oxygen atoms in total. The summed E-state index contributed by atoms with van der Waals surface area (Å²) in [6.45, 7) is 1.46. The van der Waals surface area contributed by atoms with Crippen LogP contribution >= 0.6 is 23.8 Å². The Morgan fingerprint density at radius 2 is 2.28 bits per heavy atom. The fourth-order valence-corrected chi connectivity index (χ4v) is 1.54. The van der Waals surface area contributed by atoms with Crippen LogP contribution in [0.15, 0.2) is 29.4 Å². The smallest absolute Gasteiger partial charge is 0.186 e. The van der Waals surface area contributed by atoms with Gasteiger partial charge in [0.25, 0.3) is 0 Å². The van der Waals surface area contributed by atoms with E-state index in [4.69, 9.17) is 28.6 Å². The zero-order valence-electron chi connectivity index (χ0n) is 10.1. The average molecular weight is 286 g/mol. The normalized spacial score (nSPS) is 10.6. The van der Waals surface area contributed by atoms with E-state index in [1.165, 1.54) is 0 Å². The lowest BCUT2D eigenvalue weighted by molar-refractivity contribution is 0.195. The van der Waals surface area contributed by atoms with E-state index in [0.29, 0.717) is 16.7 Å². The number of methoxy groups -OCH3 is 1. The molecule has 1 aromatic carbocycles. The molecule has 0 aliphatic heterocycles. The number of nitrogens with zero attached hydrogens (tertiary/aromatic N) is 1. The molecule has 0 aliphatic rings. The lowest BCUT2D eigenvalue weighted by Crippen LogP contribution is -2.33. The Labute approximate surface area is 117 Å². The fraction of sp³-hybridized carbons (Fsp3) is 0.333. The van der Waals surface area contributed by atoms with Gasteiger partial charge in [-0.3, -0.25) is 5.43 Å². The maximum Gasteiger partial charge on any atom is 0.186 e. The second kappa shape index (κ2) is 8.85. The Morgan fingerprint density at radius 3 is 3.00 bits per heavy atom. The van der Waals surface area contributed by atoms with E-state index < -0.39 is 0 Å². The third kappa shape index (κ3) is 5.95. The highest BCUT2D eigenvalue weighted by atomic mass is 35.5. The van der Waals surface area contributed by atoms with Crippen molar-refractivity contribution in [2.24, 2.45) is 5.10 Å². The van der Waals surface area contributed by atoms with Gasteiger partial charge in [-0.2, -0.15) is 5.10 Å². The zero-order valence-corrected chi connectivity index (χ0v) is 11.7. The SMILES string of the molecule is COCCCNC(=S)N/N=C\c1ccccc1Cl. The van der Waals surface area contributed by atoms with Crippen LogP contribution < -0.4 is 10.7 Å². The van der Waals surface area contributed by atoms with Gasteiger partial charge in [-0.1, -0.05) is 29.8 Å². The summed E-state index contributed by atoms with van der Waals surface area (Å²) in [5, 5.41) is 8.15. The monoisotopic (exact) mass is 285 g/mol. The maximum absolute atomic E-state index is 5.98. The average Bonchev–Trinajstić information content (AvgIpc) is 2.37. The van der Waals surface area contributed by atoms with Crippen molar-refractivity contribution >= 4 is 35.1 Å². The molecule has 0 unspecified atom stereocenters. The number of benzene rings is 1. The molecule has 0 amide bonds. The zero-order chi connectivity index (χ0) is 13.2. The molecule has 18 heavy (non-hydrogen) atoms. The van der Waals surface area contributed by atoms with Gasteiger partial charge in [0, 0.05) is 30.8 Å². The predicted octanol–water partition coefficient (Wildman–Crippen LogP) is 2.17. The molecular formula is C12H16ClN3OS. The molecule has 1 aromatic rings. The topological polar surface area (TPSA) is 45.6 Å². The van der Waals surface area contributed by atoms with E-state index >= 15 is 0 Å². The van der Waals surface area contributed by atoms with Crippen LogP contribution in [-0.2, 0) is 4.74 Å². The minimum absolute atomic E-state index is 0.481. The van der Waals surface area contributed by atoms with Crippen molar-refractivity contribution in [3.05, 3.63) is 34.9 Å². The van der Waals surface area contributed by atoms with E-state index in [0.717, 1.165) is 18.5 Å². The Morgan fingerprint density at radius 1 is 1.50 bits per heavy atom. The largest absolute Gasteiger partial charge is 0.385 e. The van der Waals surface area contributed by atoms with Crippen molar-refractivity contribution in [1.82, 2.24) is 10.7 Å². The van der Waals surface area contributed by atoms with Crippen LogP contribution in [0.1, 0.15) is 12.0 Å². The number of hydrogen-bond donors (Lipinski definition) is 2. The fourth-order valence-electron chi connectivity index (χ4n) is 1.20. The molecule has 0 saturated carbocycles. The standard InChI is InChI=1S/C12H16ClN3OS/c1-17-8-4-7-14-12(18)16-15-9-10-5-2-3-6-11(10)13/h2-3,5-6,9H,4,7-8H2,1H3,(H2,14,16,18)/b15-9-. The Hall–Kier alpha value is -1.17. The molecule has 0 fully saturated rings. The van der Waals surface area contributed by atoms with Crippen LogP contribution in [-0.4, -0.2) is 31.6 Å². The predicted molar refractivity (Wildman–Crippen MR) is 79.3 cm³/mol. The van der Waals surface area contributed by atoms with Gasteiger partial charge < -0.3 is 10.1 Å². The summed E-state index contributed by atoms with van der Waals surface area (Å²) in [4.78, 5) is 0.